The minimum atomic E-state index is -0.945. The Bertz CT molecular complexity index is 979. The molecule has 0 radical (unpaired) electrons. The number of halogens is 2. The van der Waals surface area contributed by atoms with Gasteiger partial charge in [0.25, 0.3) is 0 Å². The number of aliphatic carboxylic acids is 1. The topological polar surface area (TPSA) is 61.9 Å². The minimum Gasteiger partial charge on any atom is -0.550 e. The molecule has 0 spiro atoms. The molecule has 0 amide bonds. The zero-order valence-electron chi connectivity index (χ0n) is 14.6. The van der Waals surface area contributed by atoms with Gasteiger partial charge in [-0.3, -0.25) is 4.40 Å². The molecule has 140 valence electrons. The number of rotatable bonds is 4. The fraction of sp³-hybridized carbons (Fsp3) is 0.300. The van der Waals surface area contributed by atoms with Gasteiger partial charge in [0.1, 0.15) is 23.7 Å². The average molecular weight is 432 g/mol. The summed E-state index contributed by atoms with van der Waals surface area (Å²) in [7, 11) is 0. The first-order chi connectivity index (χ1) is 13.0. The number of likely N-dealkylation sites (tertiary alicyclic amines) is 1. The first-order valence-electron chi connectivity index (χ1n) is 8.98. The summed E-state index contributed by atoms with van der Waals surface area (Å²) in [6.07, 6.45) is 3.24. The molecule has 2 aromatic heterocycles. The summed E-state index contributed by atoms with van der Waals surface area (Å²) in [5, 5.41) is 11.1. The molecule has 0 saturated carbocycles. The van der Waals surface area contributed by atoms with E-state index in [0.717, 1.165) is 46.7 Å². The Labute approximate surface area is 164 Å². The summed E-state index contributed by atoms with van der Waals surface area (Å²) in [5.41, 5.74) is 3.58. The molecule has 4 rings (SSSR count). The van der Waals surface area contributed by atoms with Gasteiger partial charge in [-0.05, 0) is 52.3 Å². The van der Waals surface area contributed by atoms with E-state index in [-0.39, 0.29) is 11.7 Å². The van der Waals surface area contributed by atoms with Gasteiger partial charge in [0.15, 0.2) is 0 Å². The van der Waals surface area contributed by atoms with E-state index >= 15 is 0 Å². The highest BCUT2D eigenvalue weighted by atomic mass is 79.9. The van der Waals surface area contributed by atoms with Gasteiger partial charge < -0.3 is 14.8 Å². The zero-order valence-corrected chi connectivity index (χ0v) is 16.2. The van der Waals surface area contributed by atoms with E-state index in [0.29, 0.717) is 12.8 Å². The number of aromatic nitrogens is 2. The number of hydrogen-bond donors (Lipinski definition) is 1. The summed E-state index contributed by atoms with van der Waals surface area (Å²) in [6, 6.07) is 10.3. The van der Waals surface area contributed by atoms with Crippen LogP contribution in [0, 0.1) is 11.7 Å². The van der Waals surface area contributed by atoms with Crippen LogP contribution in [0.3, 0.4) is 0 Å². The van der Waals surface area contributed by atoms with Gasteiger partial charge in [-0.15, -0.1) is 0 Å². The smallest absolute Gasteiger partial charge is 0.137 e. The third-order valence-corrected chi connectivity index (χ3v) is 5.71. The lowest BCUT2D eigenvalue weighted by molar-refractivity contribution is -0.919. The number of hydrogen-bond acceptors (Lipinski definition) is 3. The van der Waals surface area contributed by atoms with Crippen LogP contribution in [0.5, 0.6) is 0 Å². The largest absolute Gasteiger partial charge is 0.550 e. The number of carbonyl (C=O) groups excluding carboxylic acids is 1. The van der Waals surface area contributed by atoms with Crippen LogP contribution in [0.4, 0.5) is 4.39 Å². The van der Waals surface area contributed by atoms with Crippen LogP contribution < -0.4 is 10.0 Å². The monoisotopic (exact) mass is 431 g/mol. The first kappa shape index (κ1) is 18.1. The molecule has 0 aliphatic carbocycles. The number of nitrogens with one attached hydrogen (secondary N) is 1. The van der Waals surface area contributed by atoms with Crippen LogP contribution in [-0.2, 0) is 11.3 Å². The molecular formula is C20H19BrFN3O2. The predicted octanol–water partition coefficient (Wildman–Crippen LogP) is 1.45. The third-order valence-electron chi connectivity index (χ3n) is 5.24. The third kappa shape index (κ3) is 3.75. The fourth-order valence-electron chi connectivity index (χ4n) is 3.75. The summed E-state index contributed by atoms with van der Waals surface area (Å²) >= 11 is 3.51. The van der Waals surface area contributed by atoms with E-state index in [2.05, 4.69) is 20.3 Å². The Balaban J connectivity index is 1.69. The number of quaternary nitrogens is 1. The van der Waals surface area contributed by atoms with Crippen LogP contribution in [0.15, 0.2) is 47.1 Å². The molecule has 0 atom stereocenters. The number of carboxylic acid groups (broad SMARTS) is 1. The second kappa shape index (κ2) is 7.40. The van der Waals surface area contributed by atoms with E-state index in [4.69, 9.17) is 4.98 Å². The quantitative estimate of drug-likeness (QED) is 0.679. The maximum Gasteiger partial charge on any atom is 0.137 e. The molecule has 3 aromatic rings. The lowest BCUT2D eigenvalue weighted by Crippen LogP contribution is -3.12. The lowest BCUT2D eigenvalue weighted by Gasteiger charge is -2.29. The Kier molecular flexibility index (Phi) is 4.97. The van der Waals surface area contributed by atoms with E-state index in [1.54, 1.807) is 12.1 Å². The van der Waals surface area contributed by atoms with Crippen molar-refractivity contribution in [2.45, 2.75) is 19.4 Å². The van der Waals surface area contributed by atoms with Gasteiger partial charge >= 0.3 is 0 Å². The van der Waals surface area contributed by atoms with Crippen molar-refractivity contribution in [2.75, 3.05) is 13.1 Å². The molecule has 1 N–H and O–H groups in total. The predicted molar refractivity (Wildman–Crippen MR) is 100 cm³/mol. The Morgan fingerprint density at radius 1 is 1.22 bits per heavy atom. The van der Waals surface area contributed by atoms with Gasteiger partial charge in [-0.2, -0.15) is 0 Å². The lowest BCUT2D eigenvalue weighted by atomic mass is 9.97. The van der Waals surface area contributed by atoms with E-state index in [1.165, 1.54) is 17.0 Å². The van der Waals surface area contributed by atoms with Crippen LogP contribution in [0.2, 0.25) is 0 Å². The van der Waals surface area contributed by atoms with Crippen LogP contribution in [-0.4, -0.2) is 28.4 Å². The zero-order chi connectivity index (χ0) is 19.0. The first-order valence-corrected chi connectivity index (χ1v) is 9.77. The number of carboxylic acids is 1. The fourth-order valence-corrected chi connectivity index (χ4v) is 4.09. The molecule has 0 bridgehead atoms. The number of fused-ring (bicyclic) bond motifs is 1. The summed E-state index contributed by atoms with van der Waals surface area (Å²) in [6.45, 7) is 2.29. The molecule has 1 fully saturated rings. The number of benzene rings is 1. The Morgan fingerprint density at radius 2 is 1.93 bits per heavy atom. The highest BCUT2D eigenvalue weighted by Gasteiger charge is 2.25. The van der Waals surface area contributed by atoms with Crippen LogP contribution in [0.25, 0.3) is 16.9 Å². The second-order valence-electron chi connectivity index (χ2n) is 7.01. The average Bonchev–Trinajstić information content (AvgIpc) is 3.00. The molecular weight excluding hydrogens is 413 g/mol. The molecule has 1 aromatic carbocycles. The normalized spacial score (nSPS) is 20.1. The molecule has 5 nitrogen and oxygen atoms in total. The highest BCUT2D eigenvalue weighted by molar-refractivity contribution is 9.10. The van der Waals surface area contributed by atoms with Crippen molar-refractivity contribution in [3.8, 4) is 11.3 Å². The number of pyridine rings is 1. The number of piperidine rings is 1. The number of imidazole rings is 1. The van der Waals surface area contributed by atoms with Gasteiger partial charge in [-0.25, -0.2) is 9.37 Å². The van der Waals surface area contributed by atoms with Crippen molar-refractivity contribution in [1.29, 1.82) is 0 Å². The van der Waals surface area contributed by atoms with Crippen molar-refractivity contribution < 1.29 is 19.2 Å². The molecule has 3 heterocycles. The van der Waals surface area contributed by atoms with Crippen LogP contribution >= 0.6 is 15.9 Å². The minimum absolute atomic E-state index is 0.276. The molecule has 1 aliphatic rings. The molecule has 1 aliphatic heterocycles. The number of nitrogens with zero attached hydrogens (tertiary/aromatic N) is 2. The van der Waals surface area contributed by atoms with Crippen molar-refractivity contribution in [2.24, 2.45) is 5.92 Å². The SMILES string of the molecule is O=C([O-])C1CC[NH+](Cc2c(-c3ccc(F)cc3)nc3ccc(Br)cn23)CC1. The van der Waals surface area contributed by atoms with Crippen LogP contribution in [0.1, 0.15) is 18.5 Å². The van der Waals surface area contributed by atoms with E-state index < -0.39 is 5.97 Å². The van der Waals surface area contributed by atoms with Crippen molar-refractivity contribution in [3.05, 3.63) is 58.6 Å². The maximum atomic E-state index is 13.3. The maximum absolute atomic E-state index is 13.3. The van der Waals surface area contributed by atoms with Crippen molar-refractivity contribution >= 4 is 27.5 Å². The Hall–Kier alpha value is -2.25. The summed E-state index contributed by atoms with van der Waals surface area (Å²) < 4.78 is 16.4. The molecule has 0 unspecified atom stereocenters. The van der Waals surface area contributed by atoms with Gasteiger partial charge in [0.05, 0.1) is 18.8 Å². The van der Waals surface area contributed by atoms with E-state index in [9.17, 15) is 14.3 Å². The van der Waals surface area contributed by atoms with Crippen molar-refractivity contribution in [3.63, 3.8) is 0 Å². The van der Waals surface area contributed by atoms with E-state index in [1.807, 2.05) is 18.3 Å². The molecule has 1 saturated heterocycles. The number of carbonyl (C=O) groups is 1. The molecule has 27 heavy (non-hydrogen) atoms. The van der Waals surface area contributed by atoms with Gasteiger partial charge in [-0.1, -0.05) is 0 Å². The second-order valence-corrected chi connectivity index (χ2v) is 7.93. The van der Waals surface area contributed by atoms with Crippen molar-refractivity contribution in [1.82, 2.24) is 9.38 Å². The summed E-state index contributed by atoms with van der Waals surface area (Å²) in [5.74, 6) is -1.57. The Morgan fingerprint density at radius 3 is 2.59 bits per heavy atom. The van der Waals surface area contributed by atoms with Gasteiger partial charge in [0, 0.05) is 41.0 Å². The summed E-state index contributed by atoms with van der Waals surface area (Å²) in [4.78, 5) is 17.2. The highest BCUT2D eigenvalue weighted by Crippen LogP contribution is 2.26. The standard InChI is InChI=1S/C20H19BrFN3O2/c21-15-3-6-18-23-19(13-1-4-16(22)5-2-13)17(25(18)11-15)12-24-9-7-14(8-10-24)20(26)27/h1-6,11,14H,7-10,12H2,(H,26,27). The van der Waals surface area contributed by atoms with Gasteiger partial charge in [0.2, 0.25) is 0 Å². The molecule has 7 heteroatoms.